The molecule has 3 aliphatic carbocycles. The highest BCUT2D eigenvalue weighted by Gasteiger charge is 2.64. The van der Waals surface area contributed by atoms with E-state index < -0.39 is 58.0 Å². The lowest BCUT2D eigenvalue weighted by Gasteiger charge is -2.50. The van der Waals surface area contributed by atoms with Crippen molar-refractivity contribution < 1.29 is 34.8 Å². The quantitative estimate of drug-likeness (QED) is 0.349. The van der Waals surface area contributed by atoms with Crippen LogP contribution in [0.15, 0.2) is 53.4 Å². The van der Waals surface area contributed by atoms with Gasteiger partial charge in [-0.2, -0.15) is 0 Å². The van der Waals surface area contributed by atoms with E-state index in [9.17, 15) is 34.8 Å². The molecule has 0 unspecified atom stereocenters. The molecule has 1 saturated carbocycles. The zero-order chi connectivity index (χ0) is 26.1. The van der Waals surface area contributed by atoms with E-state index in [1.165, 1.54) is 11.1 Å². The Morgan fingerprint density at radius 1 is 1.11 bits per heavy atom. The lowest BCUT2D eigenvalue weighted by Crippen LogP contribution is -2.65. The summed E-state index contributed by atoms with van der Waals surface area (Å²) in [6, 6.07) is 7.69. The Morgan fingerprint density at radius 2 is 1.74 bits per heavy atom. The number of nitrogens with zero attached hydrogens (tertiary/aromatic N) is 2. The number of likely N-dealkylation sites (N-methyl/N-ethyl adjacent to an activating group) is 1. The van der Waals surface area contributed by atoms with Crippen molar-refractivity contribution in [1.29, 1.82) is 0 Å². The van der Waals surface area contributed by atoms with Crippen LogP contribution in [0.1, 0.15) is 17.5 Å². The maximum atomic E-state index is 13.8. The highest BCUT2D eigenvalue weighted by atomic mass is 35.5. The summed E-state index contributed by atoms with van der Waals surface area (Å²) >= 11 is 0. The summed E-state index contributed by atoms with van der Waals surface area (Å²) in [5, 5.41) is 44.8. The van der Waals surface area contributed by atoms with E-state index in [2.05, 4.69) is 4.98 Å². The van der Waals surface area contributed by atoms with Crippen LogP contribution in [0, 0.1) is 11.8 Å². The number of aromatic hydroxyl groups is 1. The Kier molecular flexibility index (Phi) is 7.69. The zero-order valence-corrected chi connectivity index (χ0v) is 22.0. The van der Waals surface area contributed by atoms with Crippen LogP contribution in [0.5, 0.6) is 5.75 Å². The number of aromatic nitrogens is 1. The van der Waals surface area contributed by atoms with Crippen molar-refractivity contribution >= 4 is 48.0 Å². The van der Waals surface area contributed by atoms with Crippen molar-refractivity contribution in [2.45, 2.75) is 24.5 Å². The third-order valence-electron chi connectivity index (χ3n) is 7.51. The molecule has 0 aliphatic heterocycles. The Morgan fingerprint density at radius 3 is 2.32 bits per heavy atom. The van der Waals surface area contributed by atoms with Gasteiger partial charge in [-0.3, -0.25) is 24.3 Å². The number of nitrogens with two attached hydrogens (primary N) is 1. The second kappa shape index (κ2) is 10.0. The second-order valence-corrected chi connectivity index (χ2v) is 9.68. The highest BCUT2D eigenvalue weighted by Crippen LogP contribution is 2.53. The van der Waals surface area contributed by atoms with Crippen molar-refractivity contribution in [2.24, 2.45) is 17.6 Å². The number of fused-ring (bicyclic) bond motifs is 3. The smallest absolute Gasteiger partial charge is 0.255 e. The molecule has 38 heavy (non-hydrogen) atoms. The minimum Gasteiger partial charge on any atom is -0.508 e. The molecule has 10 nitrogen and oxygen atoms in total. The van der Waals surface area contributed by atoms with Gasteiger partial charge in [0.15, 0.2) is 17.1 Å². The van der Waals surface area contributed by atoms with E-state index in [1.807, 2.05) is 0 Å². The Hall–Kier alpha value is -3.44. The SMILES string of the molecule is CN(C)[C@@H]1C(=O)C(C(N)=O)=C(O)[C@@]2(O)C(=O)C3=C(O)c4c(cnc(-c5ccccc5)c4O)C[C@H]3C[C@@H]12.Cl.Cl. The van der Waals surface area contributed by atoms with E-state index in [1.54, 1.807) is 44.4 Å². The molecule has 5 rings (SSSR count). The largest absolute Gasteiger partial charge is 0.508 e. The number of rotatable bonds is 3. The average molecular weight is 564 g/mol. The van der Waals surface area contributed by atoms with E-state index >= 15 is 0 Å². The molecule has 1 aromatic carbocycles. The fraction of sp³-hybridized carbons (Fsp3) is 0.308. The molecule has 2 aromatic rings. The van der Waals surface area contributed by atoms with Gasteiger partial charge < -0.3 is 26.2 Å². The summed E-state index contributed by atoms with van der Waals surface area (Å²) in [4.78, 5) is 44.8. The van der Waals surface area contributed by atoms with Gasteiger partial charge in [0.2, 0.25) is 5.78 Å². The molecule has 0 saturated heterocycles. The number of amides is 1. The van der Waals surface area contributed by atoms with Crippen LogP contribution in [0.3, 0.4) is 0 Å². The van der Waals surface area contributed by atoms with Crippen LogP contribution in [-0.2, 0) is 20.8 Å². The fourth-order valence-electron chi connectivity index (χ4n) is 5.92. The standard InChI is InChI=1S/C26H25N3O7.2ClH/c1-29(2)19-14-9-12-8-13-10-28-18(11-6-4-3-5-7-11)21(31)15(13)20(30)16(12)23(33)26(14,36)24(34)17(22(19)32)25(27)35;;/h3-7,10,12,14,19,30-31,34,36H,8-9H2,1-2H3,(H2,27,35);2*1H/t12-,14-,19-,26-;;/m0../s1. The van der Waals surface area contributed by atoms with Gasteiger partial charge in [-0.25, -0.2) is 0 Å². The fourth-order valence-corrected chi connectivity index (χ4v) is 5.92. The molecule has 0 bridgehead atoms. The van der Waals surface area contributed by atoms with E-state index in [-0.39, 0.29) is 60.2 Å². The first-order valence-corrected chi connectivity index (χ1v) is 11.4. The summed E-state index contributed by atoms with van der Waals surface area (Å²) in [5.74, 6) is -6.81. The summed E-state index contributed by atoms with van der Waals surface area (Å²) in [6.45, 7) is 0. The molecule has 1 heterocycles. The zero-order valence-electron chi connectivity index (χ0n) is 20.4. The maximum Gasteiger partial charge on any atom is 0.255 e. The van der Waals surface area contributed by atoms with E-state index in [4.69, 9.17) is 5.73 Å². The number of ketones is 2. The third kappa shape index (κ3) is 3.87. The van der Waals surface area contributed by atoms with Gasteiger partial charge in [0.05, 0.1) is 11.6 Å². The van der Waals surface area contributed by atoms with Gasteiger partial charge in [-0.15, -0.1) is 24.8 Å². The van der Waals surface area contributed by atoms with Gasteiger partial charge in [-0.1, -0.05) is 30.3 Å². The molecule has 1 amide bonds. The van der Waals surface area contributed by atoms with Gasteiger partial charge >= 0.3 is 0 Å². The number of carbonyl (C=O) groups is 3. The Bertz CT molecular complexity index is 1410. The molecule has 4 atom stereocenters. The molecular weight excluding hydrogens is 537 g/mol. The number of halogens is 2. The number of hydrogen-bond acceptors (Lipinski definition) is 9. The summed E-state index contributed by atoms with van der Waals surface area (Å²) < 4.78 is 0. The van der Waals surface area contributed by atoms with E-state index in [0.29, 0.717) is 11.1 Å². The number of benzene rings is 1. The molecule has 3 aliphatic rings. The first-order chi connectivity index (χ1) is 17.0. The second-order valence-electron chi connectivity index (χ2n) is 9.68. The molecule has 1 aromatic heterocycles. The Labute approximate surface area is 230 Å². The average Bonchev–Trinajstić information content (AvgIpc) is 2.81. The summed E-state index contributed by atoms with van der Waals surface area (Å²) in [6.07, 6.45) is 1.75. The number of pyridine rings is 1. The molecule has 6 N–H and O–H groups in total. The molecule has 12 heteroatoms. The number of aliphatic hydroxyl groups is 3. The normalized spacial score (nSPS) is 26.2. The highest BCUT2D eigenvalue weighted by molar-refractivity contribution is 6.24. The first-order valence-electron chi connectivity index (χ1n) is 11.4. The number of primary amides is 1. The first kappa shape index (κ1) is 29.1. The minimum atomic E-state index is -2.66. The number of Topliss-reactive ketones (excluding diaryl/α,β-unsaturated/α-hetero) is 2. The van der Waals surface area contributed by atoms with Crippen LogP contribution in [0.4, 0.5) is 0 Å². The van der Waals surface area contributed by atoms with E-state index in [0.717, 1.165) is 0 Å². The van der Waals surface area contributed by atoms with Crippen molar-refractivity contribution in [3.05, 3.63) is 64.6 Å². The van der Waals surface area contributed by atoms with Crippen molar-refractivity contribution in [3.63, 3.8) is 0 Å². The monoisotopic (exact) mass is 563 g/mol. The van der Waals surface area contributed by atoms with Crippen molar-refractivity contribution in [2.75, 3.05) is 14.1 Å². The Balaban J connectivity index is 0.00000200. The topological polar surface area (TPSA) is 174 Å². The molecule has 1 fully saturated rings. The van der Waals surface area contributed by atoms with Crippen LogP contribution < -0.4 is 5.73 Å². The van der Waals surface area contributed by atoms with Crippen LogP contribution in [0.25, 0.3) is 17.0 Å². The predicted molar refractivity (Wildman–Crippen MR) is 142 cm³/mol. The maximum absolute atomic E-state index is 13.8. The summed E-state index contributed by atoms with van der Waals surface area (Å²) in [5.41, 5.74) is 2.95. The van der Waals surface area contributed by atoms with Gasteiger partial charge in [0.1, 0.15) is 22.8 Å². The predicted octanol–water partition coefficient (Wildman–Crippen LogP) is 1.87. The van der Waals surface area contributed by atoms with Gasteiger partial charge in [-0.05, 0) is 38.4 Å². The lowest BCUT2D eigenvalue weighted by atomic mass is 9.57. The van der Waals surface area contributed by atoms with Crippen molar-refractivity contribution in [1.82, 2.24) is 9.88 Å². The minimum absolute atomic E-state index is 0. The number of carbonyl (C=O) groups excluding carboxylic acids is 3. The summed E-state index contributed by atoms with van der Waals surface area (Å²) in [7, 11) is 3.11. The van der Waals surface area contributed by atoms with Crippen LogP contribution in [0.2, 0.25) is 0 Å². The number of aliphatic hydroxyl groups excluding tert-OH is 2. The van der Waals surface area contributed by atoms with Gasteiger partial charge in [0, 0.05) is 23.3 Å². The third-order valence-corrected chi connectivity index (χ3v) is 7.51. The van der Waals surface area contributed by atoms with Crippen LogP contribution in [-0.4, -0.2) is 73.5 Å². The molecule has 0 radical (unpaired) electrons. The molecule has 202 valence electrons. The van der Waals surface area contributed by atoms with Crippen molar-refractivity contribution in [3.8, 4) is 17.0 Å². The number of hydrogen-bond donors (Lipinski definition) is 5. The molecule has 0 spiro atoms. The lowest BCUT2D eigenvalue weighted by molar-refractivity contribution is -0.153. The van der Waals surface area contributed by atoms with Crippen LogP contribution >= 0.6 is 24.8 Å². The molecular formula is C26H27Cl2N3O7. The van der Waals surface area contributed by atoms with Gasteiger partial charge in [0.25, 0.3) is 5.91 Å².